The van der Waals surface area contributed by atoms with Gasteiger partial charge in [0.15, 0.2) is 0 Å². The number of nitrogens with two attached hydrogens (primary N) is 1. The third-order valence-electron chi connectivity index (χ3n) is 5.83. The second-order valence-electron chi connectivity index (χ2n) is 7.36. The number of hydrogen-bond donors (Lipinski definition) is 1. The largest absolute Gasteiger partial charge is 0.330 e. The molecule has 2 nitrogen and oxygen atoms in total. The number of fused-ring (bicyclic) bond motifs is 1. The van der Waals surface area contributed by atoms with E-state index in [9.17, 15) is 0 Å². The van der Waals surface area contributed by atoms with Crippen molar-refractivity contribution in [2.75, 3.05) is 19.6 Å². The fourth-order valence-corrected chi connectivity index (χ4v) is 4.49. The zero-order chi connectivity index (χ0) is 14.7. The van der Waals surface area contributed by atoms with Crippen molar-refractivity contribution >= 4 is 0 Å². The van der Waals surface area contributed by atoms with E-state index in [-0.39, 0.29) is 5.41 Å². The topological polar surface area (TPSA) is 29.3 Å². The molecule has 0 spiro atoms. The Balaban J connectivity index is 1.76. The van der Waals surface area contributed by atoms with Crippen molar-refractivity contribution in [3.8, 4) is 0 Å². The Morgan fingerprint density at radius 2 is 1.81 bits per heavy atom. The van der Waals surface area contributed by atoms with Crippen molar-refractivity contribution in [1.29, 1.82) is 0 Å². The maximum absolute atomic E-state index is 6.20. The van der Waals surface area contributed by atoms with Gasteiger partial charge < -0.3 is 5.73 Å². The first-order chi connectivity index (χ1) is 10.2. The van der Waals surface area contributed by atoms with Gasteiger partial charge in [0.1, 0.15) is 0 Å². The van der Waals surface area contributed by atoms with Crippen molar-refractivity contribution in [3.05, 3.63) is 35.9 Å². The summed E-state index contributed by atoms with van der Waals surface area (Å²) >= 11 is 0. The van der Waals surface area contributed by atoms with Crippen LogP contribution in [0.15, 0.2) is 30.3 Å². The molecule has 1 aliphatic heterocycles. The molecule has 1 heterocycles. The smallest absolute Gasteiger partial charge is 0.0174 e. The van der Waals surface area contributed by atoms with E-state index in [1.807, 2.05) is 0 Å². The fourth-order valence-electron chi connectivity index (χ4n) is 4.49. The number of likely N-dealkylation sites (tertiary alicyclic amines) is 1. The SMILES string of the molecule is CC(CN)(CN1CCC[C@H]2CCCC[C@H]21)c1ccccc1. The molecule has 2 N–H and O–H groups in total. The van der Waals surface area contributed by atoms with Crippen LogP contribution in [-0.2, 0) is 5.41 Å². The number of benzene rings is 1. The van der Waals surface area contributed by atoms with Crippen LogP contribution in [0.25, 0.3) is 0 Å². The summed E-state index contributed by atoms with van der Waals surface area (Å²) in [6.45, 7) is 5.46. The third-order valence-corrected chi connectivity index (χ3v) is 5.83. The lowest BCUT2D eigenvalue weighted by Crippen LogP contribution is -2.53. The van der Waals surface area contributed by atoms with E-state index in [1.54, 1.807) is 0 Å². The lowest BCUT2D eigenvalue weighted by atomic mass is 9.76. The molecule has 0 amide bonds. The molecule has 0 bridgehead atoms. The van der Waals surface area contributed by atoms with E-state index in [0.29, 0.717) is 0 Å². The molecule has 1 aromatic carbocycles. The Bertz CT molecular complexity index is 442. The summed E-state index contributed by atoms with van der Waals surface area (Å²) in [5.74, 6) is 0.949. The second kappa shape index (κ2) is 6.50. The molecule has 0 aromatic heterocycles. The normalized spacial score (nSPS) is 29.6. The highest BCUT2D eigenvalue weighted by Crippen LogP contribution is 2.37. The van der Waals surface area contributed by atoms with Crippen LogP contribution >= 0.6 is 0 Å². The van der Waals surface area contributed by atoms with Crippen LogP contribution in [0.5, 0.6) is 0 Å². The molecular formula is C19H30N2. The highest BCUT2D eigenvalue weighted by atomic mass is 15.2. The summed E-state index contributed by atoms with van der Waals surface area (Å²) in [4.78, 5) is 2.77. The van der Waals surface area contributed by atoms with Gasteiger partial charge in [-0.2, -0.15) is 0 Å². The first kappa shape index (κ1) is 15.1. The number of piperidine rings is 1. The lowest BCUT2D eigenvalue weighted by Gasteiger charge is -2.47. The quantitative estimate of drug-likeness (QED) is 0.917. The van der Waals surface area contributed by atoms with E-state index in [0.717, 1.165) is 25.0 Å². The maximum Gasteiger partial charge on any atom is 0.0174 e. The minimum absolute atomic E-state index is 0.0839. The van der Waals surface area contributed by atoms with E-state index in [4.69, 9.17) is 5.73 Å². The predicted octanol–water partition coefficient (Wildman–Crippen LogP) is 3.56. The third kappa shape index (κ3) is 3.17. The molecule has 3 rings (SSSR count). The Morgan fingerprint density at radius 1 is 1.10 bits per heavy atom. The van der Waals surface area contributed by atoms with Gasteiger partial charge in [-0.25, -0.2) is 0 Å². The van der Waals surface area contributed by atoms with Gasteiger partial charge >= 0.3 is 0 Å². The number of hydrogen-bond acceptors (Lipinski definition) is 2. The molecule has 1 unspecified atom stereocenters. The molecule has 2 aliphatic rings. The van der Waals surface area contributed by atoms with E-state index >= 15 is 0 Å². The van der Waals surface area contributed by atoms with Gasteiger partial charge in [-0.1, -0.05) is 50.1 Å². The van der Waals surface area contributed by atoms with Gasteiger partial charge in [-0.05, 0) is 43.7 Å². The fraction of sp³-hybridized carbons (Fsp3) is 0.684. The van der Waals surface area contributed by atoms with Gasteiger partial charge in [-0.15, -0.1) is 0 Å². The summed E-state index contributed by atoms with van der Waals surface area (Å²) < 4.78 is 0. The molecule has 1 saturated carbocycles. The van der Waals surface area contributed by atoms with Crippen molar-refractivity contribution in [1.82, 2.24) is 4.90 Å². The lowest BCUT2D eigenvalue weighted by molar-refractivity contribution is 0.0446. The zero-order valence-electron chi connectivity index (χ0n) is 13.4. The van der Waals surface area contributed by atoms with E-state index in [1.165, 1.54) is 50.6 Å². The van der Waals surface area contributed by atoms with Crippen LogP contribution < -0.4 is 5.73 Å². The molecule has 0 radical (unpaired) electrons. The van der Waals surface area contributed by atoms with Crippen LogP contribution in [0, 0.1) is 5.92 Å². The Labute approximate surface area is 129 Å². The summed E-state index contributed by atoms with van der Waals surface area (Å²) in [5, 5.41) is 0. The highest BCUT2D eigenvalue weighted by molar-refractivity contribution is 5.25. The van der Waals surface area contributed by atoms with Crippen molar-refractivity contribution in [2.24, 2.45) is 11.7 Å². The predicted molar refractivity (Wildman–Crippen MR) is 89.4 cm³/mol. The minimum atomic E-state index is 0.0839. The van der Waals surface area contributed by atoms with Gasteiger partial charge in [0.2, 0.25) is 0 Å². The maximum atomic E-state index is 6.20. The summed E-state index contributed by atoms with van der Waals surface area (Å²) in [7, 11) is 0. The minimum Gasteiger partial charge on any atom is -0.330 e. The van der Waals surface area contributed by atoms with Crippen molar-refractivity contribution in [2.45, 2.75) is 56.9 Å². The van der Waals surface area contributed by atoms with Crippen LogP contribution in [0.2, 0.25) is 0 Å². The van der Waals surface area contributed by atoms with Gasteiger partial charge in [0.25, 0.3) is 0 Å². The summed E-state index contributed by atoms with van der Waals surface area (Å²) in [5.41, 5.74) is 7.68. The van der Waals surface area contributed by atoms with Crippen LogP contribution in [0.1, 0.15) is 51.0 Å². The molecule has 21 heavy (non-hydrogen) atoms. The average Bonchev–Trinajstić information content (AvgIpc) is 2.56. The average molecular weight is 286 g/mol. The molecule has 2 fully saturated rings. The summed E-state index contributed by atoms with van der Waals surface area (Å²) in [6, 6.07) is 11.7. The Kier molecular flexibility index (Phi) is 4.66. The van der Waals surface area contributed by atoms with E-state index < -0.39 is 0 Å². The molecule has 1 saturated heterocycles. The van der Waals surface area contributed by atoms with Crippen molar-refractivity contribution < 1.29 is 0 Å². The van der Waals surface area contributed by atoms with Gasteiger partial charge in [0, 0.05) is 24.5 Å². The molecule has 1 aromatic rings. The molecule has 3 atom stereocenters. The van der Waals surface area contributed by atoms with E-state index in [2.05, 4.69) is 42.2 Å². The highest BCUT2D eigenvalue weighted by Gasteiger charge is 2.37. The van der Waals surface area contributed by atoms with Crippen LogP contribution in [-0.4, -0.2) is 30.6 Å². The Morgan fingerprint density at radius 3 is 2.57 bits per heavy atom. The first-order valence-electron chi connectivity index (χ1n) is 8.72. The number of nitrogens with zero attached hydrogens (tertiary/aromatic N) is 1. The van der Waals surface area contributed by atoms with Gasteiger partial charge in [0.05, 0.1) is 0 Å². The van der Waals surface area contributed by atoms with Crippen molar-refractivity contribution in [3.63, 3.8) is 0 Å². The summed E-state index contributed by atoms with van der Waals surface area (Å²) in [6.07, 6.45) is 8.54. The van der Waals surface area contributed by atoms with Gasteiger partial charge in [-0.3, -0.25) is 4.90 Å². The monoisotopic (exact) mass is 286 g/mol. The Hall–Kier alpha value is -0.860. The molecule has 2 heteroatoms. The van der Waals surface area contributed by atoms with Crippen LogP contribution in [0.4, 0.5) is 0 Å². The van der Waals surface area contributed by atoms with Crippen LogP contribution in [0.3, 0.4) is 0 Å². The number of rotatable bonds is 4. The standard InChI is InChI=1S/C19H30N2/c1-19(14-20,17-10-3-2-4-11-17)15-21-13-7-9-16-8-5-6-12-18(16)21/h2-4,10-11,16,18H,5-9,12-15,20H2,1H3/t16-,18-,19?/m1/s1. The first-order valence-corrected chi connectivity index (χ1v) is 8.72. The molecular weight excluding hydrogens is 256 g/mol. The molecule has 1 aliphatic carbocycles. The zero-order valence-corrected chi connectivity index (χ0v) is 13.4. The molecule has 116 valence electrons. The second-order valence-corrected chi connectivity index (χ2v) is 7.36.